The van der Waals surface area contributed by atoms with Crippen LogP contribution in [0.2, 0.25) is 0 Å². The molecule has 1 rings (SSSR count). The topological polar surface area (TPSA) is 50.2 Å². The Morgan fingerprint density at radius 1 is 1.39 bits per heavy atom. The average molecular weight is 269 g/mol. The van der Waals surface area contributed by atoms with Crippen LogP contribution in [0.4, 0.5) is 0 Å². The number of nitrogens with zero attached hydrogens (tertiary/aromatic N) is 1. The van der Waals surface area contributed by atoms with Gasteiger partial charge in [0.25, 0.3) is 0 Å². The first-order valence-corrected chi connectivity index (χ1v) is 7.25. The molecule has 0 aliphatic rings. The first-order valence-electron chi connectivity index (χ1n) is 6.37. The molecule has 0 amide bonds. The third kappa shape index (κ3) is 3.55. The molecule has 3 nitrogen and oxygen atoms in total. The van der Waals surface area contributed by atoms with E-state index in [1.807, 2.05) is 19.2 Å². The van der Waals surface area contributed by atoms with Crippen molar-refractivity contribution >= 4 is 17.3 Å². The number of aliphatic carboxylic acids is 1. The Kier molecular flexibility index (Phi) is 4.54. The van der Waals surface area contributed by atoms with Crippen molar-refractivity contribution in [1.29, 1.82) is 0 Å². The van der Waals surface area contributed by atoms with Crippen LogP contribution in [0, 0.1) is 5.41 Å². The first-order chi connectivity index (χ1) is 8.19. The predicted molar refractivity (Wildman–Crippen MR) is 75.2 cm³/mol. The summed E-state index contributed by atoms with van der Waals surface area (Å²) in [5, 5.41) is 12.3. The first kappa shape index (κ1) is 15.2. The molecule has 0 aliphatic heterocycles. The molecule has 0 aromatic carbocycles. The van der Waals surface area contributed by atoms with Gasteiger partial charge in [-0.3, -0.25) is 4.79 Å². The van der Waals surface area contributed by atoms with Crippen molar-refractivity contribution in [2.75, 3.05) is 0 Å². The zero-order valence-electron chi connectivity index (χ0n) is 11.9. The number of carbonyl (C=O) groups is 1. The van der Waals surface area contributed by atoms with Gasteiger partial charge in [0.2, 0.25) is 0 Å². The van der Waals surface area contributed by atoms with Gasteiger partial charge in [-0.05, 0) is 13.3 Å². The second kappa shape index (κ2) is 5.39. The third-order valence-corrected chi connectivity index (χ3v) is 4.03. The molecule has 18 heavy (non-hydrogen) atoms. The van der Waals surface area contributed by atoms with Crippen LogP contribution >= 0.6 is 11.3 Å². The molecule has 102 valence electrons. The highest BCUT2D eigenvalue weighted by Crippen LogP contribution is 2.32. The molecular formula is C14H23NO2S. The normalized spacial score (nSPS) is 15.4. The number of hydrogen-bond donors (Lipinski definition) is 1. The zero-order valence-corrected chi connectivity index (χ0v) is 12.7. The van der Waals surface area contributed by atoms with Gasteiger partial charge < -0.3 is 5.11 Å². The maximum absolute atomic E-state index is 11.4. The van der Waals surface area contributed by atoms with Crippen LogP contribution in [-0.2, 0) is 16.6 Å². The molecule has 0 aliphatic carbocycles. The summed E-state index contributed by atoms with van der Waals surface area (Å²) in [7, 11) is 0. The third-order valence-electron chi connectivity index (χ3n) is 3.18. The molecular weight excluding hydrogens is 246 g/mol. The minimum absolute atomic E-state index is 0.0269. The Balaban J connectivity index is 2.89. The number of rotatable bonds is 5. The van der Waals surface area contributed by atoms with Crippen LogP contribution in [0.3, 0.4) is 0 Å². The van der Waals surface area contributed by atoms with Crippen molar-refractivity contribution < 1.29 is 9.90 Å². The molecule has 1 heterocycles. The lowest BCUT2D eigenvalue weighted by Gasteiger charge is -2.23. The van der Waals surface area contributed by atoms with Gasteiger partial charge in [-0.15, -0.1) is 11.3 Å². The number of carboxylic acid groups (broad SMARTS) is 1. The van der Waals surface area contributed by atoms with Crippen LogP contribution in [-0.4, -0.2) is 16.1 Å². The Morgan fingerprint density at radius 2 is 2.00 bits per heavy atom. The number of hydrogen-bond acceptors (Lipinski definition) is 3. The summed E-state index contributed by atoms with van der Waals surface area (Å²) in [6.07, 6.45) is 2.09. The Morgan fingerprint density at radius 3 is 2.39 bits per heavy atom. The van der Waals surface area contributed by atoms with Crippen LogP contribution in [0.5, 0.6) is 0 Å². The SMILES string of the molecule is CCCC(C)(Cc1nc(C(C)(C)C)cs1)C(=O)O. The van der Waals surface area contributed by atoms with Gasteiger partial charge in [0.1, 0.15) is 0 Å². The number of aromatic nitrogens is 1. The maximum Gasteiger partial charge on any atom is 0.309 e. The minimum atomic E-state index is -0.725. The summed E-state index contributed by atoms with van der Waals surface area (Å²) in [4.78, 5) is 16.0. The van der Waals surface area contributed by atoms with E-state index in [4.69, 9.17) is 0 Å². The van der Waals surface area contributed by atoms with Gasteiger partial charge in [-0.2, -0.15) is 0 Å². The van der Waals surface area contributed by atoms with Gasteiger partial charge in [-0.1, -0.05) is 34.1 Å². The standard InChI is InChI=1S/C14H23NO2S/c1-6-7-14(5,12(16)17)8-11-15-10(9-18-11)13(2,3)4/h9H,6-8H2,1-5H3,(H,16,17). The van der Waals surface area contributed by atoms with E-state index in [1.165, 1.54) is 0 Å². The quantitative estimate of drug-likeness (QED) is 0.882. The van der Waals surface area contributed by atoms with Crippen LogP contribution in [0.15, 0.2) is 5.38 Å². The summed E-state index contributed by atoms with van der Waals surface area (Å²) in [6, 6.07) is 0. The molecule has 0 radical (unpaired) electrons. The maximum atomic E-state index is 11.4. The predicted octanol–water partition coefficient (Wildman–Crippen LogP) is 3.87. The summed E-state index contributed by atoms with van der Waals surface area (Å²) in [6.45, 7) is 10.2. The molecule has 0 saturated carbocycles. The smallest absolute Gasteiger partial charge is 0.309 e. The van der Waals surface area contributed by atoms with Gasteiger partial charge >= 0.3 is 5.97 Å². The molecule has 0 saturated heterocycles. The van der Waals surface area contributed by atoms with Crippen LogP contribution in [0.1, 0.15) is 58.2 Å². The van der Waals surface area contributed by atoms with Crippen molar-refractivity contribution in [1.82, 2.24) is 4.98 Å². The summed E-state index contributed by atoms with van der Waals surface area (Å²) in [5.74, 6) is -0.725. The Bertz CT molecular complexity index is 420. The van der Waals surface area contributed by atoms with Gasteiger partial charge in [0, 0.05) is 17.2 Å². The fourth-order valence-electron chi connectivity index (χ4n) is 1.89. The van der Waals surface area contributed by atoms with E-state index >= 15 is 0 Å². The Labute approximate surface area is 113 Å². The molecule has 1 aromatic heterocycles. The van der Waals surface area contributed by atoms with E-state index in [-0.39, 0.29) is 5.41 Å². The highest BCUT2D eigenvalue weighted by atomic mass is 32.1. The molecule has 0 bridgehead atoms. The molecule has 1 atom stereocenters. The van der Waals surface area contributed by atoms with E-state index in [9.17, 15) is 9.90 Å². The van der Waals surface area contributed by atoms with E-state index in [0.29, 0.717) is 12.8 Å². The van der Waals surface area contributed by atoms with E-state index < -0.39 is 11.4 Å². The lowest BCUT2D eigenvalue weighted by atomic mass is 9.82. The van der Waals surface area contributed by atoms with Crippen molar-refractivity contribution in [2.45, 2.75) is 59.3 Å². The fraction of sp³-hybridized carbons (Fsp3) is 0.714. The van der Waals surface area contributed by atoms with Crippen LogP contribution < -0.4 is 0 Å². The van der Waals surface area contributed by atoms with E-state index in [2.05, 4.69) is 25.8 Å². The molecule has 4 heteroatoms. The van der Waals surface area contributed by atoms with Crippen molar-refractivity contribution in [3.8, 4) is 0 Å². The summed E-state index contributed by atoms with van der Waals surface area (Å²) in [5.41, 5.74) is 0.382. The highest BCUT2D eigenvalue weighted by Gasteiger charge is 2.33. The van der Waals surface area contributed by atoms with Gasteiger partial charge in [0.15, 0.2) is 0 Å². The Hall–Kier alpha value is -0.900. The monoisotopic (exact) mass is 269 g/mol. The van der Waals surface area contributed by atoms with Gasteiger partial charge in [0.05, 0.1) is 16.1 Å². The zero-order chi connectivity index (χ0) is 14.0. The summed E-state index contributed by atoms with van der Waals surface area (Å²) < 4.78 is 0. The minimum Gasteiger partial charge on any atom is -0.481 e. The molecule has 1 aromatic rings. The van der Waals surface area contributed by atoms with E-state index in [0.717, 1.165) is 17.1 Å². The lowest BCUT2D eigenvalue weighted by Crippen LogP contribution is -2.30. The lowest BCUT2D eigenvalue weighted by molar-refractivity contribution is -0.148. The average Bonchev–Trinajstić information content (AvgIpc) is 2.65. The van der Waals surface area contributed by atoms with E-state index in [1.54, 1.807) is 11.3 Å². The van der Waals surface area contributed by atoms with Crippen LogP contribution in [0.25, 0.3) is 0 Å². The second-order valence-corrected chi connectivity index (χ2v) is 7.11. The number of thiazole rings is 1. The van der Waals surface area contributed by atoms with Gasteiger partial charge in [-0.25, -0.2) is 4.98 Å². The highest BCUT2D eigenvalue weighted by molar-refractivity contribution is 7.09. The van der Waals surface area contributed by atoms with Crippen molar-refractivity contribution in [2.24, 2.45) is 5.41 Å². The molecule has 1 unspecified atom stereocenters. The number of carboxylic acids is 1. The fourth-order valence-corrected chi connectivity index (χ4v) is 3.10. The second-order valence-electron chi connectivity index (χ2n) is 6.17. The largest absolute Gasteiger partial charge is 0.481 e. The molecule has 0 fully saturated rings. The van der Waals surface area contributed by atoms with Crippen molar-refractivity contribution in [3.63, 3.8) is 0 Å². The molecule has 1 N–H and O–H groups in total. The van der Waals surface area contributed by atoms with Crippen molar-refractivity contribution in [3.05, 3.63) is 16.1 Å². The summed E-state index contributed by atoms with van der Waals surface area (Å²) >= 11 is 1.57. The molecule has 0 spiro atoms.